The Labute approximate surface area is 124 Å². The van der Waals surface area contributed by atoms with Crippen molar-refractivity contribution in [1.29, 1.82) is 0 Å². The van der Waals surface area contributed by atoms with Gasteiger partial charge < -0.3 is 0 Å². The summed E-state index contributed by atoms with van der Waals surface area (Å²) in [5.74, 6) is 0. The molecule has 20 heavy (non-hydrogen) atoms. The molecule has 0 radical (unpaired) electrons. The van der Waals surface area contributed by atoms with Crippen LogP contribution in [0.1, 0.15) is 5.56 Å². The molecule has 0 atom stereocenters. The quantitative estimate of drug-likeness (QED) is 0.711. The van der Waals surface area contributed by atoms with Crippen molar-refractivity contribution < 1.29 is 8.42 Å². The first-order valence-corrected chi connectivity index (χ1v) is 8.05. The van der Waals surface area contributed by atoms with E-state index in [1.54, 1.807) is 24.3 Å². The first-order chi connectivity index (χ1) is 9.48. The van der Waals surface area contributed by atoms with Crippen molar-refractivity contribution >= 4 is 37.0 Å². The third-order valence-electron chi connectivity index (χ3n) is 2.91. The fourth-order valence-electron chi connectivity index (χ4n) is 1.90. The predicted octanol–water partition coefficient (Wildman–Crippen LogP) is 2.74. The normalized spacial score (nSPS) is 11.9. The number of nitrogens with zero attached hydrogens (tertiary/aromatic N) is 3. The van der Waals surface area contributed by atoms with Crippen molar-refractivity contribution in [3.05, 3.63) is 52.5 Å². The van der Waals surface area contributed by atoms with Gasteiger partial charge in [-0.3, -0.25) is 0 Å². The van der Waals surface area contributed by atoms with E-state index >= 15 is 0 Å². The highest BCUT2D eigenvalue weighted by molar-refractivity contribution is 9.10. The molecule has 0 aliphatic carbocycles. The van der Waals surface area contributed by atoms with Gasteiger partial charge in [-0.05, 0) is 48.9 Å². The molecule has 0 saturated heterocycles. The Hall–Kier alpha value is -1.73. The molecule has 0 N–H and O–H groups in total. The summed E-state index contributed by atoms with van der Waals surface area (Å²) >= 11 is 3.28. The van der Waals surface area contributed by atoms with Crippen LogP contribution in [0.3, 0.4) is 0 Å². The van der Waals surface area contributed by atoms with E-state index in [0.29, 0.717) is 11.0 Å². The van der Waals surface area contributed by atoms with E-state index in [-0.39, 0.29) is 4.90 Å². The standard InChI is InChI=1S/C13H10BrN3O2S/c1-9-2-7-13-12(8-9)15-16-17(13)20(18,19)11-5-3-10(14)4-6-11/h2-8H,1H3. The molecule has 2 aromatic carbocycles. The Morgan fingerprint density at radius 1 is 1.10 bits per heavy atom. The number of benzene rings is 2. The summed E-state index contributed by atoms with van der Waals surface area (Å²) in [5, 5.41) is 7.69. The molecule has 7 heteroatoms. The zero-order valence-corrected chi connectivity index (χ0v) is 12.9. The Balaban J connectivity index is 2.21. The molecule has 1 aromatic heterocycles. The van der Waals surface area contributed by atoms with Gasteiger partial charge >= 0.3 is 0 Å². The van der Waals surface area contributed by atoms with Crippen LogP contribution in [0.4, 0.5) is 0 Å². The van der Waals surface area contributed by atoms with Crippen molar-refractivity contribution in [2.45, 2.75) is 11.8 Å². The Bertz CT molecular complexity index is 886. The fraction of sp³-hybridized carbons (Fsp3) is 0.0769. The van der Waals surface area contributed by atoms with Gasteiger partial charge in [0.1, 0.15) is 11.0 Å². The third-order valence-corrected chi connectivity index (χ3v) is 5.03. The molecule has 102 valence electrons. The van der Waals surface area contributed by atoms with E-state index in [2.05, 4.69) is 26.2 Å². The van der Waals surface area contributed by atoms with Crippen LogP contribution in [0.2, 0.25) is 0 Å². The molecule has 0 spiro atoms. The number of aromatic nitrogens is 3. The molecule has 0 unspecified atom stereocenters. The molecule has 0 bridgehead atoms. The van der Waals surface area contributed by atoms with Gasteiger partial charge in [0.15, 0.2) is 0 Å². The van der Waals surface area contributed by atoms with Gasteiger partial charge in [-0.15, -0.1) is 9.19 Å². The van der Waals surface area contributed by atoms with Crippen molar-refractivity contribution in [3.63, 3.8) is 0 Å². The van der Waals surface area contributed by atoms with Gasteiger partial charge in [-0.25, -0.2) is 0 Å². The Morgan fingerprint density at radius 3 is 2.50 bits per heavy atom. The first-order valence-electron chi connectivity index (χ1n) is 5.82. The number of hydrogen-bond acceptors (Lipinski definition) is 4. The Kier molecular flexibility index (Phi) is 3.10. The maximum Gasteiger partial charge on any atom is 0.284 e. The molecule has 0 aliphatic heterocycles. The molecule has 0 amide bonds. The maximum atomic E-state index is 12.6. The first kappa shape index (κ1) is 13.3. The lowest BCUT2D eigenvalue weighted by Crippen LogP contribution is -2.14. The smallest absolute Gasteiger partial charge is 0.199 e. The van der Waals surface area contributed by atoms with Gasteiger partial charge in [0.05, 0.1) is 4.90 Å². The second-order valence-corrected chi connectivity index (χ2v) is 7.07. The lowest BCUT2D eigenvalue weighted by Gasteiger charge is -2.04. The van der Waals surface area contributed by atoms with Crippen LogP contribution >= 0.6 is 15.9 Å². The Morgan fingerprint density at radius 2 is 1.80 bits per heavy atom. The number of aryl methyl sites for hydroxylation is 1. The zero-order valence-electron chi connectivity index (χ0n) is 10.5. The molecule has 0 saturated carbocycles. The number of fused-ring (bicyclic) bond motifs is 1. The van der Waals surface area contributed by atoms with Crippen molar-refractivity contribution in [1.82, 2.24) is 14.4 Å². The van der Waals surface area contributed by atoms with Crippen LogP contribution in [0.5, 0.6) is 0 Å². The highest BCUT2D eigenvalue weighted by atomic mass is 79.9. The van der Waals surface area contributed by atoms with E-state index in [1.807, 2.05) is 13.0 Å². The van der Waals surface area contributed by atoms with Crippen molar-refractivity contribution in [2.24, 2.45) is 0 Å². The number of rotatable bonds is 2. The summed E-state index contributed by atoms with van der Waals surface area (Å²) in [5.41, 5.74) is 2.04. The minimum absolute atomic E-state index is 0.174. The highest BCUT2D eigenvalue weighted by Crippen LogP contribution is 2.21. The number of halogens is 1. The lowest BCUT2D eigenvalue weighted by molar-refractivity contribution is 0.579. The molecule has 0 fully saturated rings. The summed E-state index contributed by atoms with van der Waals surface area (Å²) in [6, 6.07) is 11.8. The van der Waals surface area contributed by atoms with Crippen LogP contribution in [-0.4, -0.2) is 22.8 Å². The minimum atomic E-state index is -3.73. The topological polar surface area (TPSA) is 64.8 Å². The second-order valence-electron chi connectivity index (χ2n) is 4.38. The SMILES string of the molecule is Cc1ccc2c(c1)nnn2S(=O)(=O)c1ccc(Br)cc1. The summed E-state index contributed by atoms with van der Waals surface area (Å²) in [4.78, 5) is 0.174. The average Bonchev–Trinajstić information content (AvgIpc) is 2.82. The monoisotopic (exact) mass is 351 g/mol. The van der Waals surface area contributed by atoms with Crippen LogP contribution in [0.15, 0.2) is 51.8 Å². The zero-order chi connectivity index (χ0) is 14.3. The van der Waals surface area contributed by atoms with Gasteiger partial charge in [-0.1, -0.05) is 27.2 Å². The van der Waals surface area contributed by atoms with E-state index in [4.69, 9.17) is 0 Å². The largest absolute Gasteiger partial charge is 0.284 e. The van der Waals surface area contributed by atoms with Crippen LogP contribution in [0, 0.1) is 6.92 Å². The maximum absolute atomic E-state index is 12.6. The second kappa shape index (κ2) is 4.68. The van der Waals surface area contributed by atoms with E-state index in [1.165, 1.54) is 12.1 Å². The van der Waals surface area contributed by atoms with Crippen molar-refractivity contribution in [2.75, 3.05) is 0 Å². The molecule has 5 nitrogen and oxygen atoms in total. The molecule has 0 aliphatic rings. The minimum Gasteiger partial charge on any atom is -0.199 e. The summed E-state index contributed by atoms with van der Waals surface area (Å²) in [6.45, 7) is 1.92. The van der Waals surface area contributed by atoms with Crippen LogP contribution in [0.25, 0.3) is 11.0 Å². The van der Waals surface area contributed by atoms with E-state index < -0.39 is 10.0 Å². The van der Waals surface area contributed by atoms with Crippen LogP contribution < -0.4 is 0 Å². The molecular weight excluding hydrogens is 342 g/mol. The summed E-state index contributed by atoms with van der Waals surface area (Å²) in [6.07, 6.45) is 0. The number of hydrogen-bond donors (Lipinski definition) is 0. The molecule has 1 heterocycles. The summed E-state index contributed by atoms with van der Waals surface area (Å²) in [7, 11) is -3.73. The van der Waals surface area contributed by atoms with Gasteiger partial charge in [0.2, 0.25) is 0 Å². The highest BCUT2D eigenvalue weighted by Gasteiger charge is 2.21. The fourth-order valence-corrected chi connectivity index (χ4v) is 3.39. The lowest BCUT2D eigenvalue weighted by atomic mass is 10.2. The summed E-state index contributed by atoms with van der Waals surface area (Å²) < 4.78 is 26.9. The third kappa shape index (κ3) is 2.12. The van der Waals surface area contributed by atoms with Gasteiger partial charge in [0, 0.05) is 4.47 Å². The van der Waals surface area contributed by atoms with Gasteiger partial charge in [0.25, 0.3) is 10.0 Å². The predicted molar refractivity (Wildman–Crippen MR) is 79.0 cm³/mol. The van der Waals surface area contributed by atoms with Crippen molar-refractivity contribution in [3.8, 4) is 0 Å². The molecule has 3 rings (SSSR count). The molecule has 3 aromatic rings. The average molecular weight is 352 g/mol. The van der Waals surface area contributed by atoms with Gasteiger partial charge in [-0.2, -0.15) is 8.42 Å². The van der Waals surface area contributed by atoms with Crippen LogP contribution in [-0.2, 0) is 10.0 Å². The molecular formula is C13H10BrN3O2S. The van der Waals surface area contributed by atoms with E-state index in [0.717, 1.165) is 14.1 Å². The van der Waals surface area contributed by atoms with E-state index in [9.17, 15) is 8.42 Å².